The number of hydrogen-bond acceptors (Lipinski definition) is 4. The van der Waals surface area contributed by atoms with E-state index in [1.54, 1.807) is 48.5 Å². The van der Waals surface area contributed by atoms with Crippen LogP contribution >= 0.6 is 0 Å². The number of ether oxygens (including phenoxy) is 2. The summed E-state index contributed by atoms with van der Waals surface area (Å²) in [6.07, 6.45) is 1.74. The molecule has 0 radical (unpaired) electrons. The fourth-order valence-electron chi connectivity index (χ4n) is 2.13. The van der Waals surface area contributed by atoms with Gasteiger partial charge in [0.25, 0.3) is 0 Å². The Hall–Kier alpha value is -2.88. The van der Waals surface area contributed by atoms with Crippen molar-refractivity contribution in [3.8, 4) is 5.75 Å². The van der Waals surface area contributed by atoms with Crippen LogP contribution in [-0.2, 0) is 9.53 Å². The molecular formula is C17H12O4. The maximum Gasteiger partial charge on any atom is 0.343 e. The minimum absolute atomic E-state index is 0.394. The van der Waals surface area contributed by atoms with Gasteiger partial charge in [-0.2, -0.15) is 0 Å². The first-order valence-corrected chi connectivity index (χ1v) is 6.40. The maximum absolute atomic E-state index is 12.0. The van der Waals surface area contributed by atoms with E-state index in [0.717, 1.165) is 11.1 Å². The number of benzene rings is 2. The molecule has 0 amide bonds. The molecule has 2 aromatic carbocycles. The third-order valence-corrected chi connectivity index (χ3v) is 3.24. The van der Waals surface area contributed by atoms with Crippen molar-refractivity contribution in [1.82, 2.24) is 0 Å². The summed E-state index contributed by atoms with van der Waals surface area (Å²) in [5.74, 6) is -0.426. The normalized spacial score (nSPS) is 11.8. The molecule has 0 fully saturated rings. The van der Waals surface area contributed by atoms with Crippen LogP contribution in [0.25, 0.3) is 11.6 Å². The molecule has 21 heavy (non-hydrogen) atoms. The predicted molar refractivity (Wildman–Crippen MR) is 77.7 cm³/mol. The highest BCUT2D eigenvalue weighted by molar-refractivity contribution is 6.27. The Kier molecular flexibility index (Phi) is 3.28. The summed E-state index contributed by atoms with van der Waals surface area (Å²) in [6.45, 7) is 0. The van der Waals surface area contributed by atoms with Crippen molar-refractivity contribution in [2.24, 2.45) is 0 Å². The van der Waals surface area contributed by atoms with Gasteiger partial charge in [0, 0.05) is 0 Å². The summed E-state index contributed by atoms with van der Waals surface area (Å²) in [4.78, 5) is 23.5. The van der Waals surface area contributed by atoms with E-state index in [9.17, 15) is 9.59 Å². The minimum atomic E-state index is -0.432. The Morgan fingerprint density at radius 3 is 2.43 bits per heavy atom. The fraction of sp³-hybridized carbons (Fsp3) is 0.0588. The Morgan fingerprint density at radius 2 is 1.71 bits per heavy atom. The first-order valence-electron chi connectivity index (χ1n) is 6.40. The van der Waals surface area contributed by atoms with Crippen LogP contribution in [0.1, 0.15) is 21.5 Å². The molecular weight excluding hydrogens is 268 g/mol. The van der Waals surface area contributed by atoms with E-state index in [2.05, 4.69) is 4.74 Å². The van der Waals surface area contributed by atoms with Crippen LogP contribution in [0.5, 0.6) is 5.75 Å². The Labute approximate surface area is 121 Å². The van der Waals surface area contributed by atoms with Gasteiger partial charge in [0.1, 0.15) is 5.75 Å². The van der Waals surface area contributed by atoms with Gasteiger partial charge >= 0.3 is 11.9 Å². The number of carbonyl (C=O) groups is 2. The molecule has 0 heterocycles. The number of rotatable bonds is 3. The van der Waals surface area contributed by atoms with Gasteiger partial charge in [-0.1, -0.05) is 24.3 Å². The quantitative estimate of drug-likeness (QED) is 0.640. The molecule has 0 saturated heterocycles. The van der Waals surface area contributed by atoms with E-state index in [1.807, 2.05) is 6.07 Å². The lowest BCUT2D eigenvalue weighted by atomic mass is 9.88. The van der Waals surface area contributed by atoms with Crippen molar-refractivity contribution in [3.05, 3.63) is 65.2 Å². The smallest absolute Gasteiger partial charge is 0.343 e. The van der Waals surface area contributed by atoms with Gasteiger partial charge in [0.2, 0.25) is 0 Å². The number of fused-ring (bicyclic) bond motifs is 1. The minimum Gasteiger partial charge on any atom is -0.465 e. The number of esters is 2. The predicted octanol–water partition coefficient (Wildman–Crippen LogP) is 2.93. The Bertz CT molecular complexity index is 745. The summed E-state index contributed by atoms with van der Waals surface area (Å²) >= 11 is 0. The monoisotopic (exact) mass is 280 g/mol. The molecule has 104 valence electrons. The summed E-state index contributed by atoms with van der Waals surface area (Å²) in [7, 11) is 1.33. The van der Waals surface area contributed by atoms with E-state index in [1.165, 1.54) is 7.11 Å². The lowest BCUT2D eigenvalue weighted by Gasteiger charge is -2.18. The Balaban J connectivity index is 1.79. The lowest BCUT2D eigenvalue weighted by molar-refractivity contribution is -0.133. The number of carbonyl (C=O) groups excluding carboxylic acids is 2. The van der Waals surface area contributed by atoms with E-state index in [4.69, 9.17) is 4.74 Å². The van der Waals surface area contributed by atoms with Crippen LogP contribution in [0.15, 0.2) is 48.5 Å². The molecule has 0 saturated carbocycles. The van der Waals surface area contributed by atoms with Gasteiger partial charge in [0.05, 0.1) is 18.2 Å². The molecule has 4 nitrogen and oxygen atoms in total. The van der Waals surface area contributed by atoms with E-state index >= 15 is 0 Å². The first-order chi connectivity index (χ1) is 10.2. The molecule has 0 N–H and O–H groups in total. The Morgan fingerprint density at radius 1 is 0.952 bits per heavy atom. The van der Waals surface area contributed by atoms with Crippen molar-refractivity contribution in [3.63, 3.8) is 0 Å². The van der Waals surface area contributed by atoms with Crippen molar-refractivity contribution >= 4 is 23.6 Å². The largest absolute Gasteiger partial charge is 0.465 e. The number of hydrogen-bond donors (Lipinski definition) is 0. The third kappa shape index (κ3) is 2.43. The van der Waals surface area contributed by atoms with Gasteiger partial charge in [0.15, 0.2) is 0 Å². The van der Waals surface area contributed by atoms with Crippen LogP contribution < -0.4 is 4.74 Å². The van der Waals surface area contributed by atoms with Gasteiger partial charge in [-0.05, 0) is 41.5 Å². The average molecular weight is 280 g/mol. The average Bonchev–Trinajstić information content (AvgIpc) is 2.50. The highest BCUT2D eigenvalue weighted by Crippen LogP contribution is 2.35. The van der Waals surface area contributed by atoms with Crippen LogP contribution in [0.4, 0.5) is 0 Å². The van der Waals surface area contributed by atoms with Crippen molar-refractivity contribution in [2.75, 3.05) is 7.11 Å². The molecule has 3 rings (SSSR count). The molecule has 4 heteroatoms. The second-order valence-electron chi connectivity index (χ2n) is 4.55. The van der Waals surface area contributed by atoms with E-state index in [-0.39, 0.29) is 0 Å². The highest BCUT2D eigenvalue weighted by Gasteiger charge is 2.24. The molecule has 1 aliphatic carbocycles. The lowest BCUT2D eigenvalue weighted by Crippen LogP contribution is -2.12. The van der Waals surface area contributed by atoms with Crippen LogP contribution in [0.2, 0.25) is 0 Å². The zero-order valence-electron chi connectivity index (χ0n) is 11.3. The van der Waals surface area contributed by atoms with Crippen LogP contribution in [0, 0.1) is 0 Å². The van der Waals surface area contributed by atoms with Gasteiger partial charge in [-0.3, -0.25) is 0 Å². The fourth-order valence-corrected chi connectivity index (χ4v) is 2.13. The van der Waals surface area contributed by atoms with Crippen LogP contribution in [0.3, 0.4) is 0 Å². The van der Waals surface area contributed by atoms with Gasteiger partial charge < -0.3 is 9.47 Å². The maximum atomic E-state index is 12.0. The van der Waals surface area contributed by atoms with Crippen molar-refractivity contribution < 1.29 is 19.1 Å². The van der Waals surface area contributed by atoms with E-state index < -0.39 is 11.9 Å². The molecule has 1 aliphatic rings. The van der Waals surface area contributed by atoms with E-state index in [0.29, 0.717) is 16.9 Å². The van der Waals surface area contributed by atoms with Gasteiger partial charge in [-0.25, -0.2) is 9.59 Å². The van der Waals surface area contributed by atoms with Crippen LogP contribution in [-0.4, -0.2) is 19.0 Å². The van der Waals surface area contributed by atoms with Crippen molar-refractivity contribution in [2.45, 2.75) is 0 Å². The summed E-state index contributed by atoms with van der Waals surface area (Å²) in [5, 5.41) is 0. The SMILES string of the molecule is COC(=O)C1=Cc2ccc(OC(=O)c3ccccc3)cc21. The second kappa shape index (κ2) is 5.25. The molecule has 0 aromatic heterocycles. The molecule has 0 unspecified atom stereocenters. The number of methoxy groups -OCH3 is 1. The zero-order valence-corrected chi connectivity index (χ0v) is 11.3. The standard InChI is InChI=1S/C17H12O4/c1-20-17(19)15-9-12-7-8-13(10-14(12)15)21-16(18)11-5-3-2-4-6-11/h2-10H,1H3. The zero-order chi connectivity index (χ0) is 14.8. The molecule has 0 spiro atoms. The van der Waals surface area contributed by atoms with Gasteiger partial charge in [-0.15, -0.1) is 0 Å². The molecule has 2 aromatic rings. The summed E-state index contributed by atoms with van der Waals surface area (Å²) in [6, 6.07) is 13.9. The van der Waals surface area contributed by atoms with Crippen molar-refractivity contribution in [1.29, 1.82) is 0 Å². The topological polar surface area (TPSA) is 52.6 Å². The highest BCUT2D eigenvalue weighted by atomic mass is 16.5. The second-order valence-corrected chi connectivity index (χ2v) is 4.55. The molecule has 0 atom stereocenters. The molecule has 0 aliphatic heterocycles. The summed E-state index contributed by atoms with van der Waals surface area (Å²) in [5.41, 5.74) is 2.63. The summed E-state index contributed by atoms with van der Waals surface area (Å²) < 4.78 is 10.00. The first kappa shape index (κ1) is 13.1. The third-order valence-electron chi connectivity index (χ3n) is 3.24. The molecule has 0 bridgehead atoms.